The van der Waals surface area contributed by atoms with Gasteiger partial charge in [0.25, 0.3) is 5.91 Å². The predicted molar refractivity (Wildman–Crippen MR) is 141 cm³/mol. The lowest BCUT2D eigenvalue weighted by Gasteiger charge is -2.26. The molecular formula is C28H36FN5O3. The van der Waals surface area contributed by atoms with Crippen LogP contribution in [0.1, 0.15) is 54.6 Å². The van der Waals surface area contributed by atoms with Crippen LogP contribution in [-0.2, 0) is 13.1 Å². The fourth-order valence-corrected chi connectivity index (χ4v) is 4.57. The Hall–Kier alpha value is -3.59. The molecule has 2 N–H and O–H groups in total. The average Bonchev–Trinajstić information content (AvgIpc) is 3.55. The van der Waals surface area contributed by atoms with Gasteiger partial charge in [-0.15, -0.1) is 0 Å². The molecule has 0 aliphatic carbocycles. The maximum Gasteiger partial charge on any atom is 0.322 e. The van der Waals surface area contributed by atoms with Crippen molar-refractivity contribution >= 4 is 17.6 Å². The second-order valence-electron chi connectivity index (χ2n) is 9.38. The number of nitrogens with one attached hydrogen (secondary N) is 2. The van der Waals surface area contributed by atoms with Crippen molar-refractivity contribution in [1.29, 1.82) is 0 Å². The summed E-state index contributed by atoms with van der Waals surface area (Å²) in [6.07, 6.45) is 6.42. The number of para-hydroxylation sites is 1. The molecule has 0 spiro atoms. The lowest BCUT2D eigenvalue weighted by molar-refractivity contribution is 0.0917. The van der Waals surface area contributed by atoms with Gasteiger partial charge < -0.3 is 29.4 Å². The van der Waals surface area contributed by atoms with E-state index in [0.29, 0.717) is 37.7 Å². The smallest absolute Gasteiger partial charge is 0.322 e. The molecule has 1 aliphatic heterocycles. The largest absolute Gasteiger partial charge is 0.454 e. The number of nitrogens with zero attached hydrogens (tertiary/aromatic N) is 3. The molecule has 1 fully saturated rings. The summed E-state index contributed by atoms with van der Waals surface area (Å²) >= 11 is 0. The molecule has 0 saturated carbocycles. The molecule has 1 saturated heterocycles. The maximum absolute atomic E-state index is 14.0. The number of hydrogen-bond acceptors (Lipinski definition) is 4. The number of piperidine rings is 1. The number of hydrogen-bond donors (Lipinski definition) is 2. The molecule has 198 valence electrons. The molecule has 0 bridgehead atoms. The van der Waals surface area contributed by atoms with Crippen molar-refractivity contribution in [2.75, 3.05) is 38.0 Å². The number of furan rings is 1. The van der Waals surface area contributed by atoms with Crippen molar-refractivity contribution in [3.05, 3.63) is 77.8 Å². The highest BCUT2D eigenvalue weighted by atomic mass is 19.1. The van der Waals surface area contributed by atoms with Crippen LogP contribution >= 0.6 is 0 Å². The van der Waals surface area contributed by atoms with E-state index in [1.165, 1.54) is 25.3 Å². The van der Waals surface area contributed by atoms with Gasteiger partial charge in [-0.25, -0.2) is 9.18 Å². The fraction of sp³-hybridized carbons (Fsp3) is 0.429. The van der Waals surface area contributed by atoms with Gasteiger partial charge in [-0.1, -0.05) is 25.5 Å². The van der Waals surface area contributed by atoms with Crippen molar-refractivity contribution in [2.24, 2.45) is 0 Å². The molecular weight excluding hydrogens is 473 g/mol. The van der Waals surface area contributed by atoms with E-state index in [1.807, 2.05) is 29.8 Å². The summed E-state index contributed by atoms with van der Waals surface area (Å²) in [6, 6.07) is 13.1. The number of amides is 3. The van der Waals surface area contributed by atoms with Crippen molar-refractivity contribution in [2.45, 2.75) is 45.7 Å². The Balaban J connectivity index is 1.33. The van der Waals surface area contributed by atoms with Crippen LogP contribution in [0, 0.1) is 5.82 Å². The van der Waals surface area contributed by atoms with E-state index >= 15 is 0 Å². The maximum atomic E-state index is 14.0. The van der Waals surface area contributed by atoms with Gasteiger partial charge in [0.2, 0.25) is 0 Å². The topological polar surface area (TPSA) is 82.8 Å². The van der Waals surface area contributed by atoms with Gasteiger partial charge in [0.05, 0.1) is 18.8 Å². The zero-order valence-corrected chi connectivity index (χ0v) is 21.4. The Kier molecular flexibility index (Phi) is 9.37. The van der Waals surface area contributed by atoms with Crippen LogP contribution in [0.2, 0.25) is 0 Å². The molecule has 3 aromatic rings. The van der Waals surface area contributed by atoms with Gasteiger partial charge in [0.1, 0.15) is 11.6 Å². The summed E-state index contributed by atoms with van der Waals surface area (Å²) in [5, 5.41) is 5.61. The van der Waals surface area contributed by atoms with E-state index in [9.17, 15) is 14.0 Å². The monoisotopic (exact) mass is 509 g/mol. The highest BCUT2D eigenvalue weighted by Gasteiger charge is 2.18. The number of likely N-dealkylation sites (tertiary alicyclic amines) is 1. The van der Waals surface area contributed by atoms with Gasteiger partial charge in [-0.2, -0.15) is 0 Å². The summed E-state index contributed by atoms with van der Waals surface area (Å²) in [5.74, 6) is 0.255. The highest BCUT2D eigenvalue weighted by Crippen LogP contribution is 2.17. The number of carbonyl (C=O) groups is 2. The molecule has 2 aromatic heterocycles. The molecule has 37 heavy (non-hydrogen) atoms. The Morgan fingerprint density at radius 1 is 1.05 bits per heavy atom. The summed E-state index contributed by atoms with van der Waals surface area (Å²) < 4.78 is 21.8. The van der Waals surface area contributed by atoms with Gasteiger partial charge in [0, 0.05) is 31.5 Å². The first kappa shape index (κ1) is 26.5. The highest BCUT2D eigenvalue weighted by molar-refractivity contribution is 5.91. The Morgan fingerprint density at radius 3 is 2.65 bits per heavy atom. The van der Waals surface area contributed by atoms with Crippen molar-refractivity contribution in [3.8, 4) is 0 Å². The van der Waals surface area contributed by atoms with Gasteiger partial charge in [0.15, 0.2) is 5.76 Å². The number of rotatable bonds is 11. The summed E-state index contributed by atoms with van der Waals surface area (Å²) in [4.78, 5) is 29.4. The summed E-state index contributed by atoms with van der Waals surface area (Å²) in [6.45, 7) is 6.94. The Labute approximate surface area is 217 Å². The number of urea groups is 1. The minimum atomic E-state index is -0.472. The number of aromatic nitrogens is 1. The Morgan fingerprint density at radius 2 is 1.86 bits per heavy atom. The minimum absolute atomic E-state index is 0.154. The van der Waals surface area contributed by atoms with E-state index in [2.05, 4.69) is 15.5 Å². The van der Waals surface area contributed by atoms with Crippen molar-refractivity contribution < 1.29 is 18.4 Å². The molecule has 8 nitrogen and oxygen atoms in total. The first-order chi connectivity index (χ1) is 18.0. The summed E-state index contributed by atoms with van der Waals surface area (Å²) in [5.41, 5.74) is 1.06. The first-order valence-corrected chi connectivity index (χ1v) is 13.1. The number of anilines is 1. The zero-order valence-electron chi connectivity index (χ0n) is 21.4. The standard InChI is InChI=1S/C28H36FN5O3/c1-2-15-34(28(36)31-25-11-5-4-10-24(25)29)20-22-9-8-18-33(22)21-23-12-13-26(37-23)27(35)30-14-19-32-16-6-3-7-17-32/h4-5,8-13,18H,2-3,6-7,14-17,19-21H2,1H3,(H,30,35)(H,31,36). The molecule has 3 heterocycles. The van der Waals surface area contributed by atoms with Crippen LogP contribution in [0.25, 0.3) is 0 Å². The van der Waals surface area contributed by atoms with Crippen LogP contribution in [0.4, 0.5) is 14.9 Å². The molecule has 0 atom stereocenters. The van der Waals surface area contributed by atoms with Gasteiger partial charge >= 0.3 is 6.03 Å². The lowest BCUT2D eigenvalue weighted by atomic mass is 10.1. The summed E-state index contributed by atoms with van der Waals surface area (Å²) in [7, 11) is 0. The van der Waals surface area contributed by atoms with E-state index in [-0.39, 0.29) is 17.6 Å². The first-order valence-electron chi connectivity index (χ1n) is 13.1. The van der Waals surface area contributed by atoms with Crippen molar-refractivity contribution in [1.82, 2.24) is 19.7 Å². The van der Waals surface area contributed by atoms with E-state index in [4.69, 9.17) is 4.42 Å². The molecule has 3 amide bonds. The third kappa shape index (κ3) is 7.45. The van der Waals surface area contributed by atoms with Crippen LogP contribution in [-0.4, -0.2) is 59.0 Å². The number of carbonyl (C=O) groups excluding carboxylic acids is 2. The van der Waals surface area contributed by atoms with Crippen LogP contribution in [0.15, 0.2) is 59.1 Å². The third-order valence-electron chi connectivity index (χ3n) is 6.55. The van der Waals surface area contributed by atoms with Gasteiger partial charge in [-0.05, 0) is 68.8 Å². The fourth-order valence-electron chi connectivity index (χ4n) is 4.57. The Bertz CT molecular complexity index is 1170. The minimum Gasteiger partial charge on any atom is -0.454 e. The quantitative estimate of drug-likeness (QED) is 0.384. The number of halogens is 1. The van der Waals surface area contributed by atoms with Crippen LogP contribution in [0.5, 0.6) is 0 Å². The van der Waals surface area contributed by atoms with E-state index in [1.54, 1.807) is 35.2 Å². The van der Waals surface area contributed by atoms with E-state index < -0.39 is 5.82 Å². The lowest BCUT2D eigenvalue weighted by Crippen LogP contribution is -2.37. The van der Waals surface area contributed by atoms with Gasteiger partial charge in [-0.3, -0.25) is 4.79 Å². The second-order valence-corrected chi connectivity index (χ2v) is 9.38. The van der Waals surface area contributed by atoms with Crippen LogP contribution in [0.3, 0.4) is 0 Å². The molecule has 4 rings (SSSR count). The average molecular weight is 510 g/mol. The normalized spacial score (nSPS) is 13.9. The zero-order chi connectivity index (χ0) is 26.0. The predicted octanol–water partition coefficient (Wildman–Crippen LogP) is 4.93. The molecule has 9 heteroatoms. The third-order valence-corrected chi connectivity index (χ3v) is 6.55. The van der Waals surface area contributed by atoms with E-state index in [0.717, 1.165) is 31.7 Å². The number of benzene rings is 1. The molecule has 1 aromatic carbocycles. The molecule has 0 radical (unpaired) electrons. The second kappa shape index (κ2) is 13.1. The molecule has 0 unspecified atom stereocenters. The molecule has 1 aliphatic rings. The van der Waals surface area contributed by atoms with Crippen LogP contribution < -0.4 is 10.6 Å². The van der Waals surface area contributed by atoms with Crippen molar-refractivity contribution in [3.63, 3.8) is 0 Å². The SMILES string of the molecule is CCCN(Cc1cccn1Cc1ccc(C(=O)NCCN2CCCCC2)o1)C(=O)Nc1ccccc1F.